The number of hydrogen-bond acceptors (Lipinski definition) is 3. The van der Waals surface area contributed by atoms with Gasteiger partial charge in [0.1, 0.15) is 0 Å². The number of aryl methyl sites for hydroxylation is 4. The minimum atomic E-state index is 0.389. The second kappa shape index (κ2) is 6.22. The van der Waals surface area contributed by atoms with Crippen molar-refractivity contribution < 1.29 is 0 Å². The zero-order chi connectivity index (χ0) is 14.7. The highest BCUT2D eigenvalue weighted by molar-refractivity contribution is 5.28. The highest BCUT2D eigenvalue weighted by Crippen LogP contribution is 2.23. The zero-order valence-electron chi connectivity index (χ0n) is 13.1. The molecule has 2 heterocycles. The molecule has 2 rings (SSSR count). The Hall–Kier alpha value is -1.62. The lowest BCUT2D eigenvalue weighted by atomic mass is 10.0. The van der Waals surface area contributed by atoms with E-state index in [-0.39, 0.29) is 0 Å². The van der Waals surface area contributed by atoms with Gasteiger partial charge < -0.3 is 5.32 Å². The van der Waals surface area contributed by atoms with E-state index in [2.05, 4.69) is 41.9 Å². The molecule has 5 nitrogen and oxygen atoms in total. The molecule has 0 saturated carbocycles. The fourth-order valence-electron chi connectivity index (χ4n) is 2.85. The molecule has 0 aliphatic carbocycles. The van der Waals surface area contributed by atoms with Crippen LogP contribution >= 0.6 is 0 Å². The van der Waals surface area contributed by atoms with Crippen molar-refractivity contribution in [2.24, 2.45) is 7.05 Å². The second-order valence-electron chi connectivity index (χ2n) is 5.25. The summed E-state index contributed by atoms with van der Waals surface area (Å²) in [5.74, 6) is 0. The molecule has 1 N–H and O–H groups in total. The molecule has 0 spiro atoms. The van der Waals surface area contributed by atoms with Crippen LogP contribution in [-0.4, -0.2) is 26.6 Å². The van der Waals surface area contributed by atoms with Gasteiger partial charge in [0.25, 0.3) is 0 Å². The third-order valence-electron chi connectivity index (χ3n) is 4.04. The van der Waals surface area contributed by atoms with Crippen LogP contribution in [0.25, 0.3) is 0 Å². The van der Waals surface area contributed by atoms with Crippen molar-refractivity contribution in [2.75, 3.05) is 7.05 Å². The van der Waals surface area contributed by atoms with Crippen molar-refractivity contribution in [3.8, 4) is 0 Å². The van der Waals surface area contributed by atoms with Crippen LogP contribution in [0.15, 0.2) is 12.3 Å². The van der Waals surface area contributed by atoms with Crippen molar-refractivity contribution in [2.45, 2.75) is 46.2 Å². The van der Waals surface area contributed by atoms with E-state index in [4.69, 9.17) is 5.10 Å². The van der Waals surface area contributed by atoms with Crippen LogP contribution in [0.4, 0.5) is 0 Å². The molecule has 5 heteroatoms. The number of rotatable bonds is 6. The fraction of sp³-hybridized carbons (Fsp3) is 0.600. The van der Waals surface area contributed by atoms with Crippen LogP contribution in [-0.2, 0) is 20.0 Å². The van der Waals surface area contributed by atoms with Gasteiger partial charge in [-0.1, -0.05) is 6.92 Å². The van der Waals surface area contributed by atoms with Gasteiger partial charge in [0.15, 0.2) is 0 Å². The Morgan fingerprint density at radius 1 is 1.35 bits per heavy atom. The molecule has 0 aliphatic heterocycles. The predicted octanol–water partition coefficient (Wildman–Crippen LogP) is 2.15. The highest BCUT2D eigenvalue weighted by Gasteiger charge is 2.18. The maximum Gasteiger partial charge on any atom is 0.0644 e. The summed E-state index contributed by atoms with van der Waals surface area (Å²) in [5, 5.41) is 12.3. The minimum Gasteiger partial charge on any atom is -0.313 e. The maximum absolute atomic E-state index is 4.70. The van der Waals surface area contributed by atoms with E-state index >= 15 is 0 Å². The second-order valence-corrected chi connectivity index (χ2v) is 5.25. The summed E-state index contributed by atoms with van der Waals surface area (Å²) in [6.45, 7) is 7.36. The zero-order valence-corrected chi connectivity index (χ0v) is 13.1. The molecule has 1 unspecified atom stereocenters. The third kappa shape index (κ3) is 2.77. The Balaban J connectivity index is 2.17. The van der Waals surface area contributed by atoms with Gasteiger partial charge in [-0.3, -0.25) is 9.36 Å². The van der Waals surface area contributed by atoms with Gasteiger partial charge in [0.05, 0.1) is 5.69 Å². The standard InChI is InChI=1S/C15H25N5/c1-6-14(16-4)15-11(2)18-20(12(15)3)10-8-13-7-9-17-19(13)5/h7,9,14,16H,6,8,10H2,1-5H3. The average molecular weight is 275 g/mol. The quantitative estimate of drug-likeness (QED) is 0.878. The monoisotopic (exact) mass is 275 g/mol. The van der Waals surface area contributed by atoms with E-state index < -0.39 is 0 Å². The molecule has 20 heavy (non-hydrogen) atoms. The van der Waals surface area contributed by atoms with Crippen molar-refractivity contribution in [3.05, 3.63) is 34.9 Å². The first kappa shape index (κ1) is 14.8. The molecule has 1 atom stereocenters. The number of hydrogen-bond donors (Lipinski definition) is 1. The van der Waals surface area contributed by atoms with Crippen LogP contribution in [0.2, 0.25) is 0 Å². The van der Waals surface area contributed by atoms with Gasteiger partial charge in [-0.05, 0) is 33.4 Å². The first-order valence-electron chi connectivity index (χ1n) is 7.26. The molecule has 0 saturated heterocycles. The lowest BCUT2D eigenvalue weighted by Crippen LogP contribution is -2.17. The molecule has 110 valence electrons. The molecule has 0 aromatic carbocycles. The predicted molar refractivity (Wildman–Crippen MR) is 80.7 cm³/mol. The Morgan fingerprint density at radius 3 is 2.65 bits per heavy atom. The van der Waals surface area contributed by atoms with E-state index in [0.29, 0.717) is 6.04 Å². The van der Waals surface area contributed by atoms with Crippen molar-refractivity contribution in [1.82, 2.24) is 24.9 Å². The smallest absolute Gasteiger partial charge is 0.0644 e. The Labute approximate surface area is 121 Å². The van der Waals surface area contributed by atoms with E-state index in [1.54, 1.807) is 0 Å². The molecule has 0 amide bonds. The molecule has 0 bridgehead atoms. The molecule has 2 aromatic rings. The molecular weight excluding hydrogens is 250 g/mol. The minimum absolute atomic E-state index is 0.389. The van der Waals surface area contributed by atoms with Gasteiger partial charge in [0, 0.05) is 49.2 Å². The topological polar surface area (TPSA) is 47.7 Å². The number of aromatic nitrogens is 4. The Kier molecular flexibility index (Phi) is 4.60. The summed E-state index contributed by atoms with van der Waals surface area (Å²) in [6.07, 6.45) is 3.87. The number of nitrogens with zero attached hydrogens (tertiary/aromatic N) is 4. The molecular formula is C15H25N5. The van der Waals surface area contributed by atoms with Gasteiger partial charge in [0.2, 0.25) is 0 Å². The summed E-state index contributed by atoms with van der Waals surface area (Å²) >= 11 is 0. The summed E-state index contributed by atoms with van der Waals surface area (Å²) in [6, 6.07) is 2.45. The lowest BCUT2D eigenvalue weighted by molar-refractivity contribution is 0.555. The lowest BCUT2D eigenvalue weighted by Gasteiger charge is -2.14. The van der Waals surface area contributed by atoms with Crippen LogP contribution < -0.4 is 5.32 Å². The van der Waals surface area contributed by atoms with Crippen LogP contribution in [0.1, 0.15) is 42.0 Å². The van der Waals surface area contributed by atoms with E-state index in [0.717, 1.165) is 25.1 Å². The van der Waals surface area contributed by atoms with Gasteiger partial charge in [-0.25, -0.2) is 0 Å². The van der Waals surface area contributed by atoms with Crippen molar-refractivity contribution in [3.63, 3.8) is 0 Å². The van der Waals surface area contributed by atoms with Gasteiger partial charge in [-0.15, -0.1) is 0 Å². The normalized spacial score (nSPS) is 12.8. The van der Waals surface area contributed by atoms with Crippen molar-refractivity contribution >= 4 is 0 Å². The molecule has 0 radical (unpaired) electrons. The molecule has 2 aromatic heterocycles. The van der Waals surface area contributed by atoms with Crippen LogP contribution in [0.5, 0.6) is 0 Å². The van der Waals surface area contributed by atoms with Gasteiger partial charge >= 0.3 is 0 Å². The maximum atomic E-state index is 4.70. The van der Waals surface area contributed by atoms with Gasteiger partial charge in [-0.2, -0.15) is 10.2 Å². The Morgan fingerprint density at radius 2 is 2.10 bits per heavy atom. The highest BCUT2D eigenvalue weighted by atomic mass is 15.3. The van der Waals surface area contributed by atoms with Crippen LogP contribution in [0, 0.1) is 13.8 Å². The largest absolute Gasteiger partial charge is 0.313 e. The average Bonchev–Trinajstić information content (AvgIpc) is 2.95. The first-order chi connectivity index (χ1) is 9.58. The van der Waals surface area contributed by atoms with Crippen LogP contribution in [0.3, 0.4) is 0 Å². The first-order valence-corrected chi connectivity index (χ1v) is 7.26. The Bertz CT molecular complexity index is 563. The number of nitrogens with one attached hydrogen (secondary N) is 1. The summed E-state index contributed by atoms with van der Waals surface area (Å²) in [7, 11) is 4.00. The van der Waals surface area contributed by atoms with Crippen molar-refractivity contribution in [1.29, 1.82) is 0 Å². The molecule has 0 fully saturated rings. The van der Waals surface area contributed by atoms with E-state index in [9.17, 15) is 0 Å². The van der Waals surface area contributed by atoms with E-state index in [1.165, 1.54) is 17.0 Å². The summed E-state index contributed by atoms with van der Waals surface area (Å²) in [5.41, 5.74) is 4.99. The van der Waals surface area contributed by atoms with E-state index in [1.807, 2.05) is 25.0 Å². The molecule has 0 aliphatic rings. The summed E-state index contributed by atoms with van der Waals surface area (Å²) in [4.78, 5) is 0. The third-order valence-corrected chi connectivity index (χ3v) is 4.04. The summed E-state index contributed by atoms with van der Waals surface area (Å²) < 4.78 is 4.05. The fourth-order valence-corrected chi connectivity index (χ4v) is 2.85. The SMILES string of the molecule is CCC(NC)c1c(C)nn(CCc2ccnn2C)c1C.